The predicted octanol–water partition coefficient (Wildman–Crippen LogP) is 1.21. The SMILES string of the molecule is CC[C@@H](C)Nc1nn(C)cc1N. The molecule has 1 aromatic heterocycles. The van der Waals surface area contributed by atoms with Gasteiger partial charge in [-0.15, -0.1) is 0 Å². The maximum absolute atomic E-state index is 5.70. The molecule has 1 aromatic rings. The Balaban J connectivity index is 2.68. The Morgan fingerprint density at radius 1 is 1.75 bits per heavy atom. The molecule has 0 aromatic carbocycles. The molecule has 0 radical (unpaired) electrons. The van der Waals surface area contributed by atoms with Gasteiger partial charge in [-0.05, 0) is 13.3 Å². The average Bonchev–Trinajstić information content (AvgIpc) is 2.30. The van der Waals surface area contributed by atoms with Crippen LogP contribution < -0.4 is 11.1 Å². The molecule has 0 spiro atoms. The summed E-state index contributed by atoms with van der Waals surface area (Å²) in [5, 5.41) is 7.40. The monoisotopic (exact) mass is 168 g/mol. The third-order valence-electron chi connectivity index (χ3n) is 1.85. The molecule has 68 valence electrons. The highest BCUT2D eigenvalue weighted by atomic mass is 15.3. The molecule has 12 heavy (non-hydrogen) atoms. The standard InChI is InChI=1S/C8H16N4/c1-4-6(2)10-8-7(9)5-12(3)11-8/h5-6H,4,9H2,1-3H3,(H,10,11)/t6-/m1/s1. The van der Waals surface area contributed by atoms with Crippen LogP contribution >= 0.6 is 0 Å². The zero-order valence-corrected chi connectivity index (χ0v) is 7.83. The second-order valence-electron chi connectivity index (χ2n) is 3.06. The normalized spacial score (nSPS) is 12.9. The van der Waals surface area contributed by atoms with Crippen LogP contribution in [0.5, 0.6) is 0 Å². The molecule has 0 fully saturated rings. The van der Waals surface area contributed by atoms with E-state index in [2.05, 4.69) is 24.3 Å². The lowest BCUT2D eigenvalue weighted by Crippen LogP contribution is -2.14. The summed E-state index contributed by atoms with van der Waals surface area (Å²) >= 11 is 0. The van der Waals surface area contributed by atoms with E-state index in [0.717, 1.165) is 12.2 Å². The summed E-state index contributed by atoms with van der Waals surface area (Å²) in [6.45, 7) is 4.23. The topological polar surface area (TPSA) is 55.9 Å². The highest BCUT2D eigenvalue weighted by molar-refractivity contribution is 5.60. The summed E-state index contributed by atoms with van der Waals surface area (Å²) in [5.41, 5.74) is 6.40. The van der Waals surface area contributed by atoms with E-state index in [1.165, 1.54) is 0 Å². The zero-order chi connectivity index (χ0) is 9.14. The van der Waals surface area contributed by atoms with Crippen LogP contribution in [0, 0.1) is 0 Å². The van der Waals surface area contributed by atoms with E-state index in [9.17, 15) is 0 Å². The molecule has 4 nitrogen and oxygen atoms in total. The third-order valence-corrected chi connectivity index (χ3v) is 1.85. The van der Waals surface area contributed by atoms with Gasteiger partial charge in [0.05, 0.1) is 5.69 Å². The number of rotatable bonds is 3. The van der Waals surface area contributed by atoms with Gasteiger partial charge in [0, 0.05) is 19.3 Å². The Kier molecular flexibility index (Phi) is 2.58. The number of nitrogen functional groups attached to an aromatic ring is 1. The van der Waals surface area contributed by atoms with Gasteiger partial charge in [0.15, 0.2) is 5.82 Å². The number of aryl methyl sites for hydroxylation is 1. The minimum Gasteiger partial charge on any atom is -0.394 e. The van der Waals surface area contributed by atoms with Crippen molar-refractivity contribution in [3.63, 3.8) is 0 Å². The first-order valence-electron chi connectivity index (χ1n) is 4.19. The molecule has 1 heterocycles. The Labute approximate surface area is 72.8 Å². The first kappa shape index (κ1) is 8.90. The van der Waals surface area contributed by atoms with Crippen molar-refractivity contribution in [2.24, 2.45) is 7.05 Å². The minimum absolute atomic E-state index is 0.419. The van der Waals surface area contributed by atoms with E-state index in [1.54, 1.807) is 10.9 Å². The van der Waals surface area contributed by atoms with Crippen molar-refractivity contribution >= 4 is 11.5 Å². The molecule has 4 heteroatoms. The van der Waals surface area contributed by atoms with Gasteiger partial charge in [0.25, 0.3) is 0 Å². The summed E-state index contributed by atoms with van der Waals surface area (Å²) in [4.78, 5) is 0. The Hall–Kier alpha value is -1.19. The first-order chi connectivity index (χ1) is 5.63. The molecule has 0 aliphatic carbocycles. The van der Waals surface area contributed by atoms with Crippen molar-refractivity contribution in [3.8, 4) is 0 Å². The summed E-state index contributed by atoms with van der Waals surface area (Å²) in [6.07, 6.45) is 2.86. The molecule has 0 unspecified atom stereocenters. The first-order valence-corrected chi connectivity index (χ1v) is 4.19. The number of anilines is 2. The fraction of sp³-hybridized carbons (Fsp3) is 0.625. The van der Waals surface area contributed by atoms with Gasteiger partial charge in [-0.1, -0.05) is 6.92 Å². The molecule has 0 amide bonds. The summed E-state index contributed by atoms with van der Waals surface area (Å²) < 4.78 is 1.71. The highest BCUT2D eigenvalue weighted by Gasteiger charge is 2.05. The van der Waals surface area contributed by atoms with Gasteiger partial charge >= 0.3 is 0 Å². The van der Waals surface area contributed by atoms with Crippen LogP contribution in [0.1, 0.15) is 20.3 Å². The Morgan fingerprint density at radius 3 is 2.83 bits per heavy atom. The van der Waals surface area contributed by atoms with Crippen molar-refractivity contribution < 1.29 is 0 Å². The maximum atomic E-state index is 5.70. The molecule has 0 aliphatic rings. The van der Waals surface area contributed by atoms with E-state index >= 15 is 0 Å². The second kappa shape index (κ2) is 3.47. The molecular formula is C8H16N4. The molecule has 1 atom stereocenters. The van der Waals surface area contributed by atoms with Gasteiger partial charge in [0.2, 0.25) is 0 Å². The Bertz CT molecular complexity index is 254. The van der Waals surface area contributed by atoms with Crippen molar-refractivity contribution in [2.45, 2.75) is 26.3 Å². The molecule has 0 saturated heterocycles. The number of nitrogens with two attached hydrogens (primary N) is 1. The largest absolute Gasteiger partial charge is 0.394 e. The number of hydrogen-bond donors (Lipinski definition) is 2. The average molecular weight is 168 g/mol. The van der Waals surface area contributed by atoms with E-state index in [4.69, 9.17) is 5.73 Å². The van der Waals surface area contributed by atoms with Crippen LogP contribution in [-0.2, 0) is 7.05 Å². The van der Waals surface area contributed by atoms with Crippen molar-refractivity contribution in [2.75, 3.05) is 11.1 Å². The second-order valence-corrected chi connectivity index (χ2v) is 3.06. The number of hydrogen-bond acceptors (Lipinski definition) is 3. The van der Waals surface area contributed by atoms with Crippen LogP contribution in [0.2, 0.25) is 0 Å². The van der Waals surface area contributed by atoms with Crippen LogP contribution in [0.3, 0.4) is 0 Å². The van der Waals surface area contributed by atoms with Crippen LogP contribution in [0.4, 0.5) is 11.5 Å². The third kappa shape index (κ3) is 1.90. The quantitative estimate of drug-likeness (QED) is 0.713. The van der Waals surface area contributed by atoms with E-state index in [1.807, 2.05) is 7.05 Å². The van der Waals surface area contributed by atoms with Crippen molar-refractivity contribution in [1.29, 1.82) is 0 Å². The van der Waals surface area contributed by atoms with E-state index < -0.39 is 0 Å². The predicted molar refractivity (Wildman–Crippen MR) is 51.0 cm³/mol. The number of aromatic nitrogens is 2. The lowest BCUT2D eigenvalue weighted by atomic mass is 10.2. The fourth-order valence-corrected chi connectivity index (χ4v) is 0.954. The molecular weight excluding hydrogens is 152 g/mol. The fourth-order valence-electron chi connectivity index (χ4n) is 0.954. The molecule has 0 bridgehead atoms. The summed E-state index contributed by atoms with van der Waals surface area (Å²) in [6, 6.07) is 0.419. The lowest BCUT2D eigenvalue weighted by molar-refractivity contribution is 0.734. The van der Waals surface area contributed by atoms with E-state index in [-0.39, 0.29) is 0 Å². The van der Waals surface area contributed by atoms with E-state index in [0.29, 0.717) is 11.7 Å². The smallest absolute Gasteiger partial charge is 0.171 e. The lowest BCUT2D eigenvalue weighted by Gasteiger charge is -2.10. The molecule has 1 rings (SSSR count). The number of nitrogens with zero attached hydrogens (tertiary/aromatic N) is 2. The van der Waals surface area contributed by atoms with Gasteiger partial charge in [-0.2, -0.15) is 5.10 Å². The highest BCUT2D eigenvalue weighted by Crippen LogP contribution is 2.15. The van der Waals surface area contributed by atoms with Gasteiger partial charge in [-0.25, -0.2) is 0 Å². The number of nitrogens with one attached hydrogen (secondary N) is 1. The van der Waals surface area contributed by atoms with Crippen LogP contribution in [0.25, 0.3) is 0 Å². The van der Waals surface area contributed by atoms with Crippen LogP contribution in [-0.4, -0.2) is 15.8 Å². The van der Waals surface area contributed by atoms with Crippen molar-refractivity contribution in [1.82, 2.24) is 9.78 Å². The maximum Gasteiger partial charge on any atom is 0.171 e. The molecule has 3 N–H and O–H groups in total. The van der Waals surface area contributed by atoms with Gasteiger partial charge < -0.3 is 11.1 Å². The minimum atomic E-state index is 0.419. The van der Waals surface area contributed by atoms with Crippen LogP contribution in [0.15, 0.2) is 6.20 Å². The van der Waals surface area contributed by atoms with Gasteiger partial charge in [-0.3, -0.25) is 4.68 Å². The Morgan fingerprint density at radius 2 is 2.42 bits per heavy atom. The summed E-state index contributed by atoms with van der Waals surface area (Å²) in [5.74, 6) is 0.784. The molecule has 0 aliphatic heterocycles. The zero-order valence-electron chi connectivity index (χ0n) is 7.83. The summed E-state index contributed by atoms with van der Waals surface area (Å²) in [7, 11) is 1.86. The molecule has 0 saturated carbocycles. The van der Waals surface area contributed by atoms with Crippen molar-refractivity contribution in [3.05, 3.63) is 6.20 Å². The van der Waals surface area contributed by atoms with Gasteiger partial charge in [0.1, 0.15) is 0 Å².